The maximum atomic E-state index is 10.7. The SMILES string of the molecule is NC(CCC(=O)O)C(=O)OCO. The topological polar surface area (TPSA) is 110 Å². The van der Waals surface area contributed by atoms with Crippen LogP contribution in [0.15, 0.2) is 0 Å². The highest BCUT2D eigenvalue weighted by molar-refractivity contribution is 5.76. The zero-order valence-corrected chi connectivity index (χ0v) is 6.40. The predicted molar refractivity (Wildman–Crippen MR) is 38.0 cm³/mol. The van der Waals surface area contributed by atoms with Crippen molar-refractivity contribution in [3.05, 3.63) is 0 Å². The summed E-state index contributed by atoms with van der Waals surface area (Å²) in [5.41, 5.74) is 5.20. The van der Waals surface area contributed by atoms with Gasteiger partial charge in [-0.25, -0.2) is 0 Å². The van der Waals surface area contributed by atoms with Crippen LogP contribution in [0.4, 0.5) is 0 Å². The van der Waals surface area contributed by atoms with Gasteiger partial charge in [-0.1, -0.05) is 0 Å². The lowest BCUT2D eigenvalue weighted by Gasteiger charge is -2.07. The van der Waals surface area contributed by atoms with Crippen molar-refractivity contribution >= 4 is 11.9 Å². The summed E-state index contributed by atoms with van der Waals surface area (Å²) in [7, 11) is 0. The molecule has 0 fully saturated rings. The molecule has 0 aromatic heterocycles. The Labute approximate surface area is 68.9 Å². The summed E-state index contributed by atoms with van der Waals surface area (Å²) < 4.78 is 4.13. The summed E-state index contributed by atoms with van der Waals surface area (Å²) in [5, 5.41) is 16.4. The molecule has 0 aromatic rings. The minimum atomic E-state index is -1.03. The fourth-order valence-corrected chi connectivity index (χ4v) is 0.567. The van der Waals surface area contributed by atoms with Gasteiger partial charge in [-0.3, -0.25) is 9.59 Å². The highest BCUT2D eigenvalue weighted by atomic mass is 16.6. The van der Waals surface area contributed by atoms with Gasteiger partial charge in [-0.05, 0) is 6.42 Å². The largest absolute Gasteiger partial charge is 0.481 e. The van der Waals surface area contributed by atoms with Crippen molar-refractivity contribution in [2.75, 3.05) is 6.79 Å². The van der Waals surface area contributed by atoms with Crippen molar-refractivity contribution in [1.29, 1.82) is 0 Å². The van der Waals surface area contributed by atoms with E-state index in [9.17, 15) is 9.59 Å². The number of aliphatic carboxylic acids is 1. The van der Waals surface area contributed by atoms with Gasteiger partial charge in [0.05, 0.1) is 0 Å². The number of hydrogen-bond acceptors (Lipinski definition) is 5. The molecule has 0 aliphatic rings. The van der Waals surface area contributed by atoms with Crippen LogP contribution in [-0.4, -0.2) is 35.0 Å². The first-order valence-corrected chi connectivity index (χ1v) is 3.32. The van der Waals surface area contributed by atoms with E-state index in [1.54, 1.807) is 0 Å². The van der Waals surface area contributed by atoms with Gasteiger partial charge in [0, 0.05) is 6.42 Å². The molecule has 0 spiro atoms. The second-order valence-electron chi connectivity index (χ2n) is 2.13. The molecule has 0 aliphatic carbocycles. The molecule has 12 heavy (non-hydrogen) atoms. The molecular weight excluding hydrogens is 166 g/mol. The van der Waals surface area contributed by atoms with Crippen molar-refractivity contribution in [2.45, 2.75) is 18.9 Å². The molecule has 6 nitrogen and oxygen atoms in total. The molecular formula is C6H11NO5. The Kier molecular flexibility index (Phi) is 4.98. The van der Waals surface area contributed by atoms with Crippen LogP contribution >= 0.6 is 0 Å². The third-order valence-electron chi connectivity index (χ3n) is 1.18. The number of esters is 1. The van der Waals surface area contributed by atoms with Gasteiger partial charge < -0.3 is 20.7 Å². The summed E-state index contributed by atoms with van der Waals surface area (Å²) in [5.74, 6) is -1.82. The van der Waals surface area contributed by atoms with Gasteiger partial charge in [-0.15, -0.1) is 0 Å². The van der Waals surface area contributed by atoms with E-state index in [0.717, 1.165) is 0 Å². The third kappa shape index (κ3) is 4.64. The molecule has 0 bridgehead atoms. The lowest BCUT2D eigenvalue weighted by molar-refractivity contribution is -0.153. The van der Waals surface area contributed by atoms with Gasteiger partial charge >= 0.3 is 11.9 Å². The minimum Gasteiger partial charge on any atom is -0.481 e. The number of rotatable bonds is 5. The van der Waals surface area contributed by atoms with Gasteiger partial charge in [0.1, 0.15) is 6.04 Å². The molecule has 1 atom stereocenters. The summed E-state index contributed by atoms with van der Waals surface area (Å²) in [6.07, 6.45) is -0.185. The number of carboxylic acids is 1. The van der Waals surface area contributed by atoms with Crippen LogP contribution in [0.3, 0.4) is 0 Å². The Morgan fingerprint density at radius 3 is 2.50 bits per heavy atom. The number of carbonyl (C=O) groups is 2. The smallest absolute Gasteiger partial charge is 0.325 e. The van der Waals surface area contributed by atoms with Crippen molar-refractivity contribution < 1.29 is 24.5 Å². The quantitative estimate of drug-likeness (QED) is 0.354. The highest BCUT2D eigenvalue weighted by Gasteiger charge is 2.15. The maximum Gasteiger partial charge on any atom is 0.325 e. The van der Waals surface area contributed by atoms with Crippen LogP contribution in [0.25, 0.3) is 0 Å². The molecule has 1 unspecified atom stereocenters. The molecule has 0 heterocycles. The normalized spacial score (nSPS) is 12.2. The average molecular weight is 177 g/mol. The number of aliphatic hydroxyl groups is 1. The van der Waals surface area contributed by atoms with E-state index in [0.29, 0.717) is 0 Å². The monoisotopic (exact) mass is 177 g/mol. The van der Waals surface area contributed by atoms with Crippen LogP contribution in [0.5, 0.6) is 0 Å². The van der Waals surface area contributed by atoms with Gasteiger partial charge in [-0.2, -0.15) is 0 Å². The molecule has 0 aliphatic heterocycles. The summed E-state index contributed by atoms with van der Waals surface area (Å²) in [6, 6.07) is -0.978. The molecule has 0 saturated heterocycles. The van der Waals surface area contributed by atoms with E-state index in [1.807, 2.05) is 0 Å². The van der Waals surface area contributed by atoms with E-state index in [4.69, 9.17) is 15.9 Å². The Morgan fingerprint density at radius 1 is 1.50 bits per heavy atom. The van der Waals surface area contributed by atoms with Crippen LogP contribution in [-0.2, 0) is 14.3 Å². The number of carboxylic acid groups (broad SMARTS) is 1. The highest BCUT2D eigenvalue weighted by Crippen LogP contribution is 1.96. The van der Waals surface area contributed by atoms with E-state index in [2.05, 4.69) is 4.74 Å². The second kappa shape index (κ2) is 5.50. The first-order valence-electron chi connectivity index (χ1n) is 3.32. The molecule has 70 valence electrons. The lowest BCUT2D eigenvalue weighted by atomic mass is 10.2. The van der Waals surface area contributed by atoms with Gasteiger partial charge in [0.25, 0.3) is 0 Å². The summed E-state index contributed by atoms with van der Waals surface area (Å²) in [4.78, 5) is 20.7. The second-order valence-corrected chi connectivity index (χ2v) is 2.13. The van der Waals surface area contributed by atoms with Crippen molar-refractivity contribution in [1.82, 2.24) is 0 Å². The summed E-state index contributed by atoms with van der Waals surface area (Å²) in [6.45, 7) is -0.737. The van der Waals surface area contributed by atoms with Crippen molar-refractivity contribution in [3.8, 4) is 0 Å². The Morgan fingerprint density at radius 2 is 2.08 bits per heavy atom. The van der Waals surface area contributed by atoms with Gasteiger partial charge in [0.15, 0.2) is 6.79 Å². The Balaban J connectivity index is 3.63. The number of carbonyl (C=O) groups excluding carboxylic acids is 1. The number of nitrogens with two attached hydrogens (primary N) is 1. The van der Waals surface area contributed by atoms with Crippen LogP contribution in [0.2, 0.25) is 0 Å². The van der Waals surface area contributed by atoms with E-state index in [1.165, 1.54) is 0 Å². The summed E-state index contributed by atoms with van der Waals surface area (Å²) >= 11 is 0. The molecule has 0 radical (unpaired) electrons. The van der Waals surface area contributed by atoms with Crippen molar-refractivity contribution in [2.24, 2.45) is 5.73 Å². The standard InChI is InChI=1S/C6H11NO5/c7-4(1-2-5(9)10)6(11)12-3-8/h4,8H,1-3,7H2,(H,9,10). The van der Waals surface area contributed by atoms with Crippen LogP contribution < -0.4 is 5.73 Å². The lowest BCUT2D eigenvalue weighted by Crippen LogP contribution is -2.33. The number of aliphatic hydroxyl groups excluding tert-OH is 1. The van der Waals surface area contributed by atoms with E-state index in [-0.39, 0.29) is 12.8 Å². The van der Waals surface area contributed by atoms with Gasteiger partial charge in [0.2, 0.25) is 0 Å². The Bertz CT molecular complexity index is 169. The minimum absolute atomic E-state index is 0.00810. The van der Waals surface area contributed by atoms with E-state index >= 15 is 0 Å². The fraction of sp³-hybridized carbons (Fsp3) is 0.667. The Hall–Kier alpha value is -1.14. The zero-order valence-electron chi connectivity index (χ0n) is 6.40. The first-order chi connectivity index (χ1) is 5.57. The fourth-order valence-electron chi connectivity index (χ4n) is 0.567. The van der Waals surface area contributed by atoms with E-state index < -0.39 is 24.8 Å². The number of ether oxygens (including phenoxy) is 1. The first kappa shape index (κ1) is 10.9. The van der Waals surface area contributed by atoms with Crippen LogP contribution in [0.1, 0.15) is 12.8 Å². The van der Waals surface area contributed by atoms with Crippen molar-refractivity contribution in [3.63, 3.8) is 0 Å². The molecule has 0 aromatic carbocycles. The molecule has 0 rings (SSSR count). The molecule has 0 saturated carbocycles. The average Bonchev–Trinajstić information content (AvgIpc) is 2.00. The number of hydrogen-bond donors (Lipinski definition) is 3. The maximum absolute atomic E-state index is 10.7. The zero-order chi connectivity index (χ0) is 9.56. The third-order valence-corrected chi connectivity index (χ3v) is 1.18. The van der Waals surface area contributed by atoms with Crippen LogP contribution in [0, 0.1) is 0 Å². The predicted octanol–water partition coefficient (Wildman–Crippen LogP) is -1.33. The molecule has 4 N–H and O–H groups in total. The molecule has 0 amide bonds. The molecule has 6 heteroatoms.